The van der Waals surface area contributed by atoms with E-state index in [2.05, 4.69) is 11.8 Å². The molecule has 1 saturated heterocycles. The van der Waals surface area contributed by atoms with Crippen molar-refractivity contribution in [3.8, 4) is 11.5 Å². The second-order valence-corrected chi connectivity index (χ2v) is 7.98. The first-order valence-electron chi connectivity index (χ1n) is 10.2. The molecule has 0 aliphatic carbocycles. The van der Waals surface area contributed by atoms with Crippen LogP contribution in [0.2, 0.25) is 0 Å². The van der Waals surface area contributed by atoms with E-state index in [1.807, 2.05) is 0 Å². The number of hydrogen-bond donors (Lipinski definition) is 1. The zero-order valence-electron chi connectivity index (χ0n) is 17.2. The van der Waals surface area contributed by atoms with Crippen LogP contribution in [0.15, 0.2) is 42.2 Å². The summed E-state index contributed by atoms with van der Waals surface area (Å²) >= 11 is 0. The molecule has 1 N–H and O–H groups in total. The van der Waals surface area contributed by atoms with Crippen LogP contribution in [-0.2, 0) is 11.3 Å². The SMILES string of the molecule is COC(=O)c1ccc(/C=C2\Oc3c(ccc(O)c3CN3CCC[C@@H](C)C3)C2=O)cc1. The van der Waals surface area contributed by atoms with E-state index >= 15 is 0 Å². The Morgan fingerprint density at radius 2 is 2.03 bits per heavy atom. The number of ether oxygens (including phenoxy) is 2. The van der Waals surface area contributed by atoms with Gasteiger partial charge in [-0.25, -0.2) is 4.79 Å². The highest BCUT2D eigenvalue weighted by molar-refractivity contribution is 6.15. The fraction of sp³-hybridized carbons (Fsp3) is 0.333. The molecule has 0 spiro atoms. The maximum atomic E-state index is 12.9. The average molecular weight is 407 g/mol. The van der Waals surface area contributed by atoms with Crippen LogP contribution in [0.5, 0.6) is 11.5 Å². The molecule has 2 aromatic carbocycles. The van der Waals surface area contributed by atoms with Crippen molar-refractivity contribution in [2.24, 2.45) is 5.92 Å². The largest absolute Gasteiger partial charge is 0.507 e. The van der Waals surface area contributed by atoms with Gasteiger partial charge in [0.15, 0.2) is 5.76 Å². The van der Waals surface area contributed by atoms with Crippen LogP contribution in [-0.4, -0.2) is 42.0 Å². The lowest BCUT2D eigenvalue weighted by atomic mass is 9.99. The van der Waals surface area contributed by atoms with Gasteiger partial charge in [-0.05, 0) is 61.2 Å². The van der Waals surface area contributed by atoms with Crippen molar-refractivity contribution in [1.82, 2.24) is 4.90 Å². The smallest absolute Gasteiger partial charge is 0.337 e. The van der Waals surface area contributed by atoms with Crippen LogP contribution < -0.4 is 4.74 Å². The number of Topliss-reactive ketones (excluding diaryl/α,β-unsaturated/α-hetero) is 1. The first kappa shape index (κ1) is 20.2. The van der Waals surface area contributed by atoms with Gasteiger partial charge in [0, 0.05) is 13.1 Å². The van der Waals surface area contributed by atoms with E-state index in [1.54, 1.807) is 42.5 Å². The van der Waals surface area contributed by atoms with E-state index in [0.717, 1.165) is 25.1 Å². The number of allylic oxidation sites excluding steroid dienone is 1. The molecule has 0 amide bonds. The second-order valence-electron chi connectivity index (χ2n) is 7.98. The summed E-state index contributed by atoms with van der Waals surface area (Å²) in [5.41, 5.74) is 2.28. The predicted molar refractivity (Wildman–Crippen MR) is 112 cm³/mol. The summed E-state index contributed by atoms with van der Waals surface area (Å²) in [6.45, 7) is 4.71. The number of fused-ring (bicyclic) bond motifs is 1. The number of nitrogens with zero attached hydrogens (tertiary/aromatic N) is 1. The number of methoxy groups -OCH3 is 1. The molecule has 0 radical (unpaired) electrons. The number of likely N-dealkylation sites (tertiary alicyclic amines) is 1. The van der Waals surface area contributed by atoms with Gasteiger partial charge in [-0.1, -0.05) is 19.1 Å². The molecular formula is C24H25NO5. The topological polar surface area (TPSA) is 76.1 Å². The van der Waals surface area contributed by atoms with E-state index < -0.39 is 5.97 Å². The number of carbonyl (C=O) groups is 2. The number of aromatic hydroxyl groups is 1. The number of phenolic OH excluding ortho intramolecular Hbond substituents is 1. The number of piperidine rings is 1. The lowest BCUT2D eigenvalue weighted by Gasteiger charge is -2.31. The summed E-state index contributed by atoms with van der Waals surface area (Å²) in [6.07, 6.45) is 3.99. The number of benzene rings is 2. The summed E-state index contributed by atoms with van der Waals surface area (Å²) in [7, 11) is 1.33. The number of phenols is 1. The van der Waals surface area contributed by atoms with Gasteiger partial charge < -0.3 is 14.6 Å². The minimum atomic E-state index is -0.415. The third kappa shape index (κ3) is 3.96. The van der Waals surface area contributed by atoms with Gasteiger partial charge in [0.25, 0.3) is 0 Å². The molecular weight excluding hydrogens is 382 g/mol. The first-order valence-corrected chi connectivity index (χ1v) is 10.2. The van der Waals surface area contributed by atoms with Gasteiger partial charge in [0.05, 0.1) is 23.8 Å². The Kier molecular flexibility index (Phi) is 5.59. The number of carbonyl (C=O) groups excluding carboxylic acids is 2. The fourth-order valence-corrected chi connectivity index (χ4v) is 4.09. The maximum Gasteiger partial charge on any atom is 0.337 e. The molecule has 4 rings (SSSR count). The Morgan fingerprint density at radius 3 is 2.73 bits per heavy atom. The molecule has 2 aliphatic rings. The zero-order chi connectivity index (χ0) is 21.3. The normalized spacial score (nSPS) is 20.1. The van der Waals surface area contributed by atoms with Crippen molar-refractivity contribution in [2.45, 2.75) is 26.3 Å². The number of rotatable bonds is 4. The quantitative estimate of drug-likeness (QED) is 0.609. The Balaban J connectivity index is 1.59. The molecule has 2 heterocycles. The van der Waals surface area contributed by atoms with E-state index in [4.69, 9.17) is 9.47 Å². The Bertz CT molecular complexity index is 1010. The van der Waals surface area contributed by atoms with Crippen molar-refractivity contribution in [1.29, 1.82) is 0 Å². The van der Waals surface area contributed by atoms with Crippen LogP contribution in [0.4, 0.5) is 0 Å². The zero-order valence-corrected chi connectivity index (χ0v) is 17.2. The van der Waals surface area contributed by atoms with Crippen LogP contribution >= 0.6 is 0 Å². The first-order chi connectivity index (χ1) is 14.5. The van der Waals surface area contributed by atoms with Crippen molar-refractivity contribution in [2.75, 3.05) is 20.2 Å². The summed E-state index contributed by atoms with van der Waals surface area (Å²) in [4.78, 5) is 26.7. The lowest BCUT2D eigenvalue weighted by Crippen LogP contribution is -2.33. The monoisotopic (exact) mass is 407 g/mol. The van der Waals surface area contributed by atoms with Crippen molar-refractivity contribution in [3.05, 3.63) is 64.4 Å². The van der Waals surface area contributed by atoms with Gasteiger partial charge >= 0.3 is 5.97 Å². The molecule has 0 unspecified atom stereocenters. The van der Waals surface area contributed by atoms with Gasteiger partial charge in [0.1, 0.15) is 11.5 Å². The molecule has 2 aromatic rings. The summed E-state index contributed by atoms with van der Waals surface area (Å²) in [5, 5.41) is 10.5. The van der Waals surface area contributed by atoms with E-state index in [1.165, 1.54) is 13.5 Å². The third-order valence-electron chi connectivity index (χ3n) is 5.67. The van der Waals surface area contributed by atoms with Crippen molar-refractivity contribution < 1.29 is 24.2 Å². The van der Waals surface area contributed by atoms with E-state index in [9.17, 15) is 14.7 Å². The van der Waals surface area contributed by atoms with Crippen molar-refractivity contribution in [3.63, 3.8) is 0 Å². The predicted octanol–water partition coefficient (Wildman–Crippen LogP) is 4.03. The molecule has 0 aromatic heterocycles. The summed E-state index contributed by atoms with van der Waals surface area (Å²) in [6, 6.07) is 9.91. The van der Waals surface area contributed by atoms with Gasteiger partial charge in [-0.3, -0.25) is 9.69 Å². The van der Waals surface area contributed by atoms with E-state index in [0.29, 0.717) is 34.9 Å². The Morgan fingerprint density at radius 1 is 1.27 bits per heavy atom. The Hall–Kier alpha value is -3.12. The van der Waals surface area contributed by atoms with Crippen molar-refractivity contribution >= 4 is 17.8 Å². The minimum Gasteiger partial charge on any atom is -0.507 e. The summed E-state index contributed by atoms with van der Waals surface area (Å²) in [5.74, 6) is 0.773. The average Bonchev–Trinajstić information content (AvgIpc) is 3.06. The molecule has 1 atom stereocenters. The molecule has 6 heteroatoms. The molecule has 1 fully saturated rings. The van der Waals surface area contributed by atoms with Gasteiger partial charge in [-0.15, -0.1) is 0 Å². The van der Waals surface area contributed by atoms with Crippen LogP contribution in [0.1, 0.15) is 51.6 Å². The highest BCUT2D eigenvalue weighted by Gasteiger charge is 2.32. The Labute approximate surface area is 175 Å². The molecule has 6 nitrogen and oxygen atoms in total. The molecule has 2 aliphatic heterocycles. The molecule has 156 valence electrons. The highest BCUT2D eigenvalue weighted by atomic mass is 16.5. The molecule has 30 heavy (non-hydrogen) atoms. The van der Waals surface area contributed by atoms with E-state index in [-0.39, 0.29) is 17.3 Å². The highest BCUT2D eigenvalue weighted by Crippen LogP contribution is 2.40. The number of hydrogen-bond acceptors (Lipinski definition) is 6. The second kappa shape index (κ2) is 8.32. The summed E-state index contributed by atoms with van der Waals surface area (Å²) < 4.78 is 10.6. The van der Waals surface area contributed by atoms with Crippen LogP contribution in [0.25, 0.3) is 6.08 Å². The van der Waals surface area contributed by atoms with Crippen LogP contribution in [0, 0.1) is 5.92 Å². The van der Waals surface area contributed by atoms with Gasteiger partial charge in [-0.2, -0.15) is 0 Å². The minimum absolute atomic E-state index is 0.142. The maximum absolute atomic E-state index is 12.9. The van der Waals surface area contributed by atoms with Crippen LogP contribution in [0.3, 0.4) is 0 Å². The molecule has 0 saturated carbocycles. The van der Waals surface area contributed by atoms with Gasteiger partial charge in [0.2, 0.25) is 5.78 Å². The number of ketones is 1. The third-order valence-corrected chi connectivity index (χ3v) is 5.67. The number of esters is 1. The molecule has 0 bridgehead atoms. The lowest BCUT2D eigenvalue weighted by molar-refractivity contribution is 0.0600. The fourth-order valence-electron chi connectivity index (χ4n) is 4.09. The standard InChI is InChI=1S/C24H25NO5/c1-15-4-3-11-25(13-15)14-19-20(26)10-9-18-22(27)21(30-23(18)19)12-16-5-7-17(8-6-16)24(28)29-2/h5-10,12,15,26H,3-4,11,13-14H2,1-2H3/b21-12-/t15-/m1/s1.